The molecule has 2 aliphatic rings. The van der Waals surface area contributed by atoms with Crippen LogP contribution in [0, 0.1) is 6.92 Å². The summed E-state index contributed by atoms with van der Waals surface area (Å²) >= 11 is 0. The first-order valence-corrected chi connectivity index (χ1v) is 9.30. The number of aryl methyl sites for hydroxylation is 1. The second kappa shape index (κ2) is 7.25. The van der Waals surface area contributed by atoms with Crippen molar-refractivity contribution in [2.45, 2.75) is 51.1 Å². The average Bonchev–Trinajstić information content (AvgIpc) is 3.16. The van der Waals surface area contributed by atoms with E-state index in [4.69, 9.17) is 18.9 Å². The van der Waals surface area contributed by atoms with E-state index in [1.165, 1.54) is 10.8 Å². The van der Waals surface area contributed by atoms with E-state index >= 15 is 0 Å². The van der Waals surface area contributed by atoms with E-state index in [2.05, 4.69) is 4.98 Å². The zero-order valence-corrected chi connectivity index (χ0v) is 16.3. The third-order valence-corrected chi connectivity index (χ3v) is 4.93. The minimum Gasteiger partial charge on any atom is -0.459 e. The molecule has 0 bridgehead atoms. The van der Waals surface area contributed by atoms with Gasteiger partial charge in [0.25, 0.3) is 5.56 Å². The number of carbonyl (C=O) groups excluding carboxylic acids is 1. The smallest absolute Gasteiger partial charge is 0.338 e. The minimum absolute atomic E-state index is 0.0675. The Morgan fingerprint density at radius 3 is 2.59 bits per heavy atom. The van der Waals surface area contributed by atoms with Gasteiger partial charge in [-0.2, -0.15) is 0 Å². The van der Waals surface area contributed by atoms with Crippen LogP contribution in [0.15, 0.2) is 46.1 Å². The Morgan fingerprint density at radius 2 is 1.86 bits per heavy atom. The van der Waals surface area contributed by atoms with E-state index in [0.29, 0.717) is 11.1 Å². The maximum Gasteiger partial charge on any atom is 0.338 e. The minimum atomic E-state index is -0.889. The van der Waals surface area contributed by atoms with E-state index in [0.717, 1.165) is 0 Å². The van der Waals surface area contributed by atoms with Crippen molar-refractivity contribution < 1.29 is 23.7 Å². The van der Waals surface area contributed by atoms with Crippen LogP contribution in [0.1, 0.15) is 36.0 Å². The molecule has 1 N–H and O–H groups in total. The van der Waals surface area contributed by atoms with Crippen LogP contribution in [0.4, 0.5) is 0 Å². The number of hydrogen-bond acceptors (Lipinski definition) is 7. The maximum absolute atomic E-state index is 12.3. The molecule has 9 heteroatoms. The third kappa shape index (κ3) is 3.76. The van der Waals surface area contributed by atoms with Crippen LogP contribution >= 0.6 is 0 Å². The Labute approximate surface area is 166 Å². The Morgan fingerprint density at radius 1 is 1.17 bits per heavy atom. The number of benzene rings is 1. The number of H-pyrrole nitrogens is 1. The lowest BCUT2D eigenvalue weighted by atomic mass is 10.1. The molecular formula is C20H22N2O7. The first-order chi connectivity index (χ1) is 13.7. The van der Waals surface area contributed by atoms with E-state index in [-0.39, 0.29) is 6.61 Å². The van der Waals surface area contributed by atoms with Gasteiger partial charge in [-0.25, -0.2) is 9.59 Å². The summed E-state index contributed by atoms with van der Waals surface area (Å²) in [4.78, 5) is 38.5. The second-order valence-electron chi connectivity index (χ2n) is 7.57. The Hall–Kier alpha value is -2.75. The van der Waals surface area contributed by atoms with E-state index in [9.17, 15) is 14.4 Å². The van der Waals surface area contributed by atoms with Crippen molar-refractivity contribution in [3.05, 3.63) is 68.5 Å². The lowest BCUT2D eigenvalue weighted by molar-refractivity contribution is -0.200. The van der Waals surface area contributed by atoms with Gasteiger partial charge in [0.15, 0.2) is 12.0 Å². The number of nitrogens with zero attached hydrogens (tertiary/aromatic N) is 1. The highest BCUT2D eigenvalue weighted by molar-refractivity contribution is 5.89. The van der Waals surface area contributed by atoms with Gasteiger partial charge < -0.3 is 18.9 Å². The zero-order chi connectivity index (χ0) is 20.8. The van der Waals surface area contributed by atoms with E-state index in [1.54, 1.807) is 45.0 Å². The van der Waals surface area contributed by atoms with Crippen LogP contribution in [-0.4, -0.2) is 46.2 Å². The molecule has 2 aliphatic heterocycles. The van der Waals surface area contributed by atoms with E-state index < -0.39 is 47.5 Å². The summed E-state index contributed by atoms with van der Waals surface area (Å²) in [6.45, 7) is 5.05. The predicted molar refractivity (Wildman–Crippen MR) is 101 cm³/mol. The van der Waals surface area contributed by atoms with Gasteiger partial charge >= 0.3 is 11.7 Å². The summed E-state index contributed by atoms with van der Waals surface area (Å²) in [5.74, 6) is -1.37. The number of carbonyl (C=O) groups is 1. The number of fused-ring (bicyclic) bond motifs is 1. The van der Waals surface area contributed by atoms with Crippen molar-refractivity contribution >= 4 is 5.97 Å². The molecule has 1 aromatic heterocycles. The quantitative estimate of drug-likeness (QED) is 0.764. The van der Waals surface area contributed by atoms with Gasteiger partial charge in [0.05, 0.1) is 5.56 Å². The van der Waals surface area contributed by atoms with Gasteiger partial charge in [0.2, 0.25) is 0 Å². The van der Waals surface area contributed by atoms with Gasteiger partial charge in [0.1, 0.15) is 24.9 Å². The van der Waals surface area contributed by atoms with Crippen molar-refractivity contribution in [2.24, 2.45) is 0 Å². The maximum atomic E-state index is 12.3. The number of ether oxygens (including phenoxy) is 4. The Bertz CT molecular complexity index is 1030. The summed E-state index contributed by atoms with van der Waals surface area (Å²) in [7, 11) is 0. The molecule has 0 unspecified atom stereocenters. The fourth-order valence-electron chi connectivity index (χ4n) is 3.61. The lowest BCUT2D eigenvalue weighted by Gasteiger charge is -2.25. The first-order valence-electron chi connectivity index (χ1n) is 9.30. The van der Waals surface area contributed by atoms with Crippen molar-refractivity contribution in [3.8, 4) is 0 Å². The summed E-state index contributed by atoms with van der Waals surface area (Å²) in [5, 5.41) is 0. The number of esters is 1. The highest BCUT2D eigenvalue weighted by Crippen LogP contribution is 2.42. The fourth-order valence-corrected chi connectivity index (χ4v) is 3.61. The van der Waals surface area contributed by atoms with Crippen LogP contribution < -0.4 is 11.2 Å². The molecule has 0 amide bonds. The first kappa shape index (κ1) is 19.6. The zero-order valence-electron chi connectivity index (χ0n) is 16.3. The fraction of sp³-hybridized carbons (Fsp3) is 0.450. The van der Waals surface area contributed by atoms with E-state index in [1.807, 2.05) is 6.07 Å². The molecule has 4 rings (SSSR count). The molecule has 154 valence electrons. The van der Waals surface area contributed by atoms with Crippen LogP contribution in [0.3, 0.4) is 0 Å². The highest BCUT2D eigenvalue weighted by Gasteiger charge is 2.56. The van der Waals surface area contributed by atoms with Crippen molar-refractivity contribution in [2.75, 3.05) is 6.61 Å². The number of hydrogen-bond donors (Lipinski definition) is 1. The molecular weight excluding hydrogens is 380 g/mol. The van der Waals surface area contributed by atoms with Crippen LogP contribution in [0.2, 0.25) is 0 Å². The van der Waals surface area contributed by atoms with Gasteiger partial charge in [0, 0.05) is 11.8 Å². The molecule has 0 radical (unpaired) electrons. The van der Waals surface area contributed by atoms with Crippen molar-refractivity contribution in [3.63, 3.8) is 0 Å². The second-order valence-corrected chi connectivity index (χ2v) is 7.57. The monoisotopic (exact) mass is 402 g/mol. The van der Waals surface area contributed by atoms with Gasteiger partial charge in [-0.1, -0.05) is 18.2 Å². The number of nitrogens with one attached hydrogen (secondary N) is 1. The Balaban J connectivity index is 1.57. The molecule has 4 atom stereocenters. The summed E-state index contributed by atoms with van der Waals surface area (Å²) in [6.07, 6.45) is -1.19. The molecule has 9 nitrogen and oxygen atoms in total. The van der Waals surface area contributed by atoms with Crippen LogP contribution in [-0.2, 0) is 18.9 Å². The molecule has 29 heavy (non-hydrogen) atoms. The predicted octanol–water partition coefficient (Wildman–Crippen LogP) is 1.12. The molecule has 2 aromatic rings. The molecule has 3 heterocycles. The summed E-state index contributed by atoms with van der Waals surface area (Å²) in [6, 6.07) is 8.61. The van der Waals surface area contributed by atoms with Crippen LogP contribution in [0.5, 0.6) is 0 Å². The number of aromatic amines is 1. The summed E-state index contributed by atoms with van der Waals surface area (Å²) < 4.78 is 24.6. The number of rotatable bonds is 4. The number of aromatic nitrogens is 2. The van der Waals surface area contributed by atoms with Crippen molar-refractivity contribution in [1.82, 2.24) is 9.55 Å². The molecule has 2 fully saturated rings. The topological polar surface area (TPSA) is 109 Å². The largest absolute Gasteiger partial charge is 0.459 e. The SMILES string of the molecule is Cc1cn([C@@H]2O[C@@H](COC(=O)c3ccccc3)[C@H]3OC(C)(C)O[C@H]32)c(=O)[nH]c1=O. The molecule has 0 aliphatic carbocycles. The van der Waals surface area contributed by atoms with Gasteiger partial charge in [-0.3, -0.25) is 14.3 Å². The van der Waals surface area contributed by atoms with Crippen LogP contribution in [0.25, 0.3) is 0 Å². The molecule has 0 spiro atoms. The summed E-state index contributed by atoms with van der Waals surface area (Å²) in [5.41, 5.74) is -0.283. The molecule has 2 saturated heterocycles. The lowest BCUT2D eigenvalue weighted by Crippen LogP contribution is -2.38. The molecule has 1 aromatic carbocycles. The standard InChI is InChI=1S/C20H22N2O7/c1-11-9-22(19(25)21-16(11)23)17-15-14(28-20(2,3)29-15)13(27-17)10-26-18(24)12-7-5-4-6-8-12/h4-9,13-15,17H,10H2,1-3H3,(H,21,23,25)/t13-,14+,15+,17+/m0/s1. The van der Waals surface area contributed by atoms with Gasteiger partial charge in [-0.05, 0) is 32.9 Å². The third-order valence-electron chi connectivity index (χ3n) is 4.93. The Kier molecular flexibility index (Phi) is 4.89. The van der Waals surface area contributed by atoms with Crippen molar-refractivity contribution in [1.29, 1.82) is 0 Å². The van der Waals surface area contributed by atoms with Gasteiger partial charge in [-0.15, -0.1) is 0 Å². The average molecular weight is 402 g/mol. The highest BCUT2D eigenvalue weighted by atomic mass is 16.8. The molecule has 0 saturated carbocycles. The normalized spacial score (nSPS) is 27.6.